The summed E-state index contributed by atoms with van der Waals surface area (Å²) in [5.74, 6) is 0.0664. The van der Waals surface area contributed by atoms with Crippen molar-refractivity contribution in [3.8, 4) is 11.5 Å². The van der Waals surface area contributed by atoms with Gasteiger partial charge in [0.15, 0.2) is 29.0 Å². The van der Waals surface area contributed by atoms with Gasteiger partial charge in [-0.25, -0.2) is 15.0 Å². The Morgan fingerprint density at radius 3 is 1.96 bits per heavy atom. The Labute approximate surface area is 173 Å². The molecular weight excluding hydrogens is 455 g/mol. The first-order valence-electron chi connectivity index (χ1n) is 6.46. The lowest BCUT2D eigenvalue weighted by molar-refractivity contribution is 0.373. The molecule has 0 saturated heterocycles. The van der Waals surface area contributed by atoms with Crippen molar-refractivity contribution in [3.05, 3.63) is 41.2 Å². The lowest BCUT2D eigenvalue weighted by Crippen LogP contribution is -2.16. The van der Waals surface area contributed by atoms with E-state index < -0.39 is 7.59 Å². The second-order valence-electron chi connectivity index (χ2n) is 4.60. The summed E-state index contributed by atoms with van der Waals surface area (Å²) in [6.45, 7) is 0. The lowest BCUT2D eigenvalue weighted by Gasteiger charge is -2.14. The number of benzene rings is 1. The second-order valence-corrected chi connectivity index (χ2v) is 9.16. The van der Waals surface area contributed by atoms with E-state index in [0.717, 1.165) is 0 Å². The lowest BCUT2D eigenvalue weighted by atomic mass is 10.2. The Kier molecular flexibility index (Phi) is 6.52. The van der Waals surface area contributed by atoms with Gasteiger partial charge < -0.3 is 9.84 Å². The van der Waals surface area contributed by atoms with Crippen molar-refractivity contribution in [2.24, 2.45) is 0 Å². The molecule has 1 N–H and O–H groups in total. The number of phenolic OH excluding ortho intramolecular Hbond substituents is 1. The minimum absolute atomic E-state index is 0.0109. The van der Waals surface area contributed by atoms with Gasteiger partial charge in [0.25, 0.3) is 0 Å². The molecule has 134 valence electrons. The van der Waals surface area contributed by atoms with Gasteiger partial charge in [-0.2, -0.15) is 0 Å². The number of hydrogen-bond donors (Lipinski definition) is 1. The maximum absolute atomic E-state index is 9.60. The van der Waals surface area contributed by atoms with Gasteiger partial charge in [0.1, 0.15) is 0 Å². The van der Waals surface area contributed by atoms with Crippen LogP contribution >= 0.6 is 69.6 Å². The molecule has 0 bridgehead atoms. The van der Waals surface area contributed by atoms with Crippen LogP contribution in [0.5, 0.6) is 11.5 Å². The molecule has 0 unspecified atom stereocenters. The number of hydrogen-bond acceptors (Lipinski definition) is 5. The highest BCUT2D eigenvalue weighted by Gasteiger charge is 2.33. The van der Waals surface area contributed by atoms with Gasteiger partial charge in [-0.15, -0.1) is 0 Å². The van der Waals surface area contributed by atoms with Gasteiger partial charge >= 0.3 is 0 Å². The smallest absolute Gasteiger partial charge is 0.250 e. The summed E-state index contributed by atoms with van der Waals surface area (Å²) in [5, 5.41) is 9.60. The molecule has 1 aromatic carbocycles. The molecule has 2 rings (SSSR count). The van der Waals surface area contributed by atoms with Crippen LogP contribution in [0.4, 0.5) is 0 Å². The zero-order chi connectivity index (χ0) is 18.8. The van der Waals surface area contributed by atoms with E-state index in [1.165, 1.54) is 19.3 Å². The number of rotatable bonds is 3. The number of aromatic nitrogens is 3. The molecule has 5 nitrogen and oxygen atoms in total. The Morgan fingerprint density at radius 2 is 1.48 bits per heavy atom. The monoisotopic (exact) mass is 461 g/mol. The zero-order valence-electron chi connectivity index (χ0n) is 12.4. The Bertz CT molecular complexity index is 770. The maximum atomic E-state index is 9.60. The van der Waals surface area contributed by atoms with Gasteiger partial charge in [-0.05, 0) is 23.8 Å². The minimum atomic E-state index is -1.92. The van der Waals surface area contributed by atoms with E-state index in [1.54, 1.807) is 18.2 Å². The summed E-state index contributed by atoms with van der Waals surface area (Å²) in [5.41, 5.74) is 0.695. The molecule has 0 atom stereocenters. The molecule has 0 aliphatic carbocycles. The van der Waals surface area contributed by atoms with Crippen molar-refractivity contribution >= 4 is 81.8 Å². The molecule has 0 amide bonds. The number of alkyl halides is 6. The van der Waals surface area contributed by atoms with Gasteiger partial charge in [0.2, 0.25) is 7.59 Å². The largest absolute Gasteiger partial charge is 0.504 e. The average Bonchev–Trinajstić information content (AvgIpc) is 2.52. The molecule has 25 heavy (non-hydrogen) atoms. The molecule has 0 radical (unpaired) electrons. The van der Waals surface area contributed by atoms with Crippen molar-refractivity contribution in [1.29, 1.82) is 0 Å². The summed E-state index contributed by atoms with van der Waals surface area (Å²) < 4.78 is 1.20. The normalized spacial score (nSPS) is 12.6. The number of nitrogens with zero attached hydrogens (tertiary/aromatic N) is 3. The summed E-state index contributed by atoms with van der Waals surface area (Å²) >= 11 is 34.8. The second kappa shape index (κ2) is 7.91. The van der Waals surface area contributed by atoms with Crippen molar-refractivity contribution < 1.29 is 9.84 Å². The number of aromatic hydroxyl groups is 1. The third-order valence-corrected chi connectivity index (χ3v) is 3.80. The highest BCUT2D eigenvalue weighted by Crippen LogP contribution is 2.40. The summed E-state index contributed by atoms with van der Waals surface area (Å²) in [6.07, 6.45) is 3.15. The van der Waals surface area contributed by atoms with Crippen LogP contribution in [0.3, 0.4) is 0 Å². The van der Waals surface area contributed by atoms with E-state index in [0.29, 0.717) is 11.3 Å². The van der Waals surface area contributed by atoms with Crippen LogP contribution < -0.4 is 4.74 Å². The average molecular weight is 464 g/mol. The summed E-state index contributed by atoms with van der Waals surface area (Å²) in [7, 11) is 1.44. The quantitative estimate of drug-likeness (QED) is 0.616. The van der Waals surface area contributed by atoms with Crippen LogP contribution in [0, 0.1) is 0 Å². The topological polar surface area (TPSA) is 68.1 Å². The van der Waals surface area contributed by atoms with Gasteiger partial charge in [0, 0.05) is 0 Å². The van der Waals surface area contributed by atoms with E-state index in [2.05, 4.69) is 15.0 Å². The zero-order valence-corrected chi connectivity index (χ0v) is 16.9. The summed E-state index contributed by atoms with van der Waals surface area (Å²) in [4.78, 5) is 11.9. The van der Waals surface area contributed by atoms with Gasteiger partial charge in [-0.1, -0.05) is 81.7 Å². The molecule has 1 aromatic heterocycles. The fourth-order valence-electron chi connectivity index (χ4n) is 1.69. The van der Waals surface area contributed by atoms with E-state index >= 15 is 0 Å². The van der Waals surface area contributed by atoms with E-state index in [9.17, 15) is 5.11 Å². The van der Waals surface area contributed by atoms with Crippen molar-refractivity contribution in [2.75, 3.05) is 7.11 Å². The number of methoxy groups -OCH3 is 1. The predicted molar refractivity (Wildman–Crippen MR) is 102 cm³/mol. The van der Waals surface area contributed by atoms with Crippen molar-refractivity contribution in [1.82, 2.24) is 15.0 Å². The van der Waals surface area contributed by atoms with Crippen LogP contribution in [0.15, 0.2) is 18.2 Å². The van der Waals surface area contributed by atoms with Gasteiger partial charge in [-0.3, -0.25) is 0 Å². The van der Waals surface area contributed by atoms with E-state index in [-0.39, 0.29) is 23.2 Å². The molecule has 11 heteroatoms. The third-order valence-electron chi connectivity index (χ3n) is 2.79. The molecule has 2 aromatic rings. The molecule has 1 heterocycles. The van der Waals surface area contributed by atoms with Gasteiger partial charge in [0.05, 0.1) is 7.11 Å². The van der Waals surface area contributed by atoms with Crippen molar-refractivity contribution in [3.63, 3.8) is 0 Å². The van der Waals surface area contributed by atoms with Crippen LogP contribution in [0.25, 0.3) is 12.2 Å². The number of phenols is 1. The standard InChI is InChI=1S/C14H9Cl6N3O2/c1-25-9-6-7(2-4-8(9)24)3-5-10-21-11(13(15,16)17)23-12(22-10)14(18,19)20/h2-6,24H,1H3. The third kappa shape index (κ3) is 5.64. The van der Waals surface area contributed by atoms with E-state index in [1.807, 2.05) is 0 Å². The molecular formula is C14H9Cl6N3O2. The van der Waals surface area contributed by atoms with Crippen LogP contribution in [0.1, 0.15) is 23.0 Å². The Morgan fingerprint density at radius 1 is 0.920 bits per heavy atom. The minimum Gasteiger partial charge on any atom is -0.504 e. The SMILES string of the molecule is COc1cc(C=Cc2nc(C(Cl)(Cl)Cl)nc(C(Cl)(Cl)Cl)n2)ccc1O. The Balaban J connectivity index is 2.44. The maximum Gasteiger partial charge on any atom is 0.250 e. The molecule has 0 aliphatic rings. The van der Waals surface area contributed by atoms with Crippen LogP contribution in [-0.2, 0) is 7.59 Å². The fourth-order valence-corrected chi connectivity index (χ4v) is 2.20. The molecule has 0 fully saturated rings. The first kappa shape index (κ1) is 20.6. The predicted octanol–water partition coefficient (Wildman–Crippen LogP) is 5.41. The number of halogens is 6. The first-order chi connectivity index (χ1) is 11.5. The highest BCUT2D eigenvalue weighted by molar-refractivity contribution is 6.67. The Hall–Kier alpha value is -0.690. The first-order valence-corrected chi connectivity index (χ1v) is 8.73. The van der Waals surface area contributed by atoms with Crippen LogP contribution in [0.2, 0.25) is 0 Å². The fraction of sp³-hybridized carbons (Fsp3) is 0.214. The highest BCUT2D eigenvalue weighted by atomic mass is 35.6. The van der Waals surface area contributed by atoms with Crippen molar-refractivity contribution in [2.45, 2.75) is 7.59 Å². The van der Waals surface area contributed by atoms with Crippen LogP contribution in [-0.4, -0.2) is 27.2 Å². The summed E-state index contributed by atoms with van der Waals surface area (Å²) in [6, 6.07) is 4.74. The van der Waals surface area contributed by atoms with E-state index in [4.69, 9.17) is 74.3 Å². The molecule has 0 aliphatic heterocycles. The number of ether oxygens (including phenoxy) is 1. The molecule has 0 saturated carbocycles. The molecule has 0 spiro atoms.